The van der Waals surface area contributed by atoms with Crippen molar-refractivity contribution in [3.8, 4) is 0 Å². The third-order valence-electron chi connectivity index (χ3n) is 10.5. The topological polar surface area (TPSA) is 108 Å². The first-order valence-corrected chi connectivity index (χ1v) is 27.6. The second-order valence-corrected chi connectivity index (χ2v) is 19.6. The van der Waals surface area contributed by atoms with Crippen LogP contribution in [-0.2, 0) is 32.7 Å². The number of rotatable bonds is 46. The Morgan fingerprint density at radius 2 is 0.851 bits per heavy atom. The molecule has 0 saturated heterocycles. The Hall–Kier alpha value is -3.33. The quantitative estimate of drug-likeness (QED) is 0.0211. The molecule has 0 aliphatic carbocycles. The van der Waals surface area contributed by atoms with E-state index in [1.165, 1.54) is 51.4 Å². The number of nitrogens with zero attached hydrogens (tertiary/aromatic N) is 1. The van der Waals surface area contributed by atoms with Crippen molar-refractivity contribution in [3.63, 3.8) is 0 Å². The Bertz CT molecular complexity index is 1500. The lowest BCUT2D eigenvalue weighted by atomic mass is 10.1. The number of likely N-dealkylation sites (N-methyl/N-ethyl adjacent to an activating group) is 1. The van der Waals surface area contributed by atoms with Gasteiger partial charge in [0, 0.05) is 12.8 Å². The number of ether oxygens (including phenoxy) is 2. The summed E-state index contributed by atoms with van der Waals surface area (Å²) in [7, 11) is 1.43. The van der Waals surface area contributed by atoms with E-state index in [1.54, 1.807) is 0 Å². The maximum atomic E-state index is 12.8. The number of esters is 2. The molecule has 0 fully saturated rings. The number of carbonyl (C=O) groups excluding carboxylic acids is 2. The number of hydrogen-bond donors (Lipinski definition) is 1. The molecule has 0 bridgehead atoms. The Morgan fingerprint density at radius 1 is 0.478 bits per heavy atom. The van der Waals surface area contributed by atoms with E-state index in [9.17, 15) is 19.0 Å². The molecule has 0 aromatic carbocycles. The zero-order valence-corrected chi connectivity index (χ0v) is 44.0. The first-order valence-electron chi connectivity index (χ1n) is 26.1. The lowest BCUT2D eigenvalue weighted by Crippen LogP contribution is -2.37. The van der Waals surface area contributed by atoms with Crippen molar-refractivity contribution < 1.29 is 42.1 Å². The van der Waals surface area contributed by atoms with E-state index in [-0.39, 0.29) is 26.1 Å². The molecule has 1 N–H and O–H groups in total. The summed E-state index contributed by atoms with van der Waals surface area (Å²) >= 11 is 0. The van der Waals surface area contributed by atoms with Gasteiger partial charge in [-0.25, -0.2) is 4.57 Å². The largest absolute Gasteiger partial charge is 0.472 e. The fourth-order valence-corrected chi connectivity index (χ4v) is 7.24. The van der Waals surface area contributed by atoms with Crippen LogP contribution in [0.3, 0.4) is 0 Å². The van der Waals surface area contributed by atoms with Gasteiger partial charge in [-0.1, -0.05) is 181 Å². The predicted octanol–water partition coefficient (Wildman–Crippen LogP) is 15.9. The number of hydrogen-bond acceptors (Lipinski definition) is 7. The van der Waals surface area contributed by atoms with Crippen molar-refractivity contribution >= 4 is 19.8 Å². The van der Waals surface area contributed by atoms with Crippen LogP contribution in [0.25, 0.3) is 0 Å². The number of carbonyl (C=O) groups is 2. The van der Waals surface area contributed by atoms with E-state index in [0.717, 1.165) is 103 Å². The normalized spacial score (nSPS) is 14.3. The molecule has 0 rings (SSSR count). The molecule has 0 amide bonds. The van der Waals surface area contributed by atoms with E-state index in [0.29, 0.717) is 17.4 Å². The molecular weight excluding hydrogens is 858 g/mol. The van der Waals surface area contributed by atoms with Gasteiger partial charge in [-0.05, 0) is 103 Å². The van der Waals surface area contributed by atoms with Crippen LogP contribution in [0.2, 0.25) is 0 Å². The molecule has 0 heterocycles. The number of unbranched alkanes of at least 4 members (excludes halogenated alkanes) is 14. The number of quaternary nitrogens is 1. The van der Waals surface area contributed by atoms with Crippen LogP contribution in [0, 0.1) is 0 Å². The van der Waals surface area contributed by atoms with Gasteiger partial charge < -0.3 is 18.9 Å². The van der Waals surface area contributed by atoms with Crippen molar-refractivity contribution in [1.82, 2.24) is 0 Å². The second kappa shape index (κ2) is 47.7. The van der Waals surface area contributed by atoms with Crippen LogP contribution in [-0.4, -0.2) is 74.9 Å². The monoisotopic (exact) mass is 955 g/mol. The molecule has 382 valence electrons. The van der Waals surface area contributed by atoms with Crippen LogP contribution in [0.15, 0.2) is 109 Å². The summed E-state index contributed by atoms with van der Waals surface area (Å²) in [6.45, 7) is 4.23. The highest BCUT2D eigenvalue weighted by atomic mass is 31.2. The lowest BCUT2D eigenvalue weighted by molar-refractivity contribution is -0.870. The Morgan fingerprint density at radius 3 is 1.31 bits per heavy atom. The van der Waals surface area contributed by atoms with Gasteiger partial charge in [-0.15, -0.1) is 0 Å². The van der Waals surface area contributed by atoms with Crippen molar-refractivity contribution in [2.24, 2.45) is 0 Å². The Kier molecular flexibility index (Phi) is 45.4. The summed E-state index contributed by atoms with van der Waals surface area (Å²) in [6, 6.07) is 0. The van der Waals surface area contributed by atoms with E-state index in [1.807, 2.05) is 21.1 Å². The van der Waals surface area contributed by atoms with Crippen LogP contribution in [0.5, 0.6) is 0 Å². The standard InChI is InChI=1S/C57H96NO8P/c1-6-8-10-12-14-16-18-20-22-24-25-26-27-28-29-30-31-32-33-34-36-38-40-42-44-46-48-50-57(60)66-55(54-65-67(61,62)64-52-51-58(3,4)5)53-63-56(59)49-47-45-43-41-39-37-35-23-21-19-17-15-13-11-9-7-2/h8,10,14,16,20,22-23,25-26,28-29,31-32,34-36,40,42,55H,6-7,9,11-13,15,17-19,21,24,27,30,33,37-39,41,43-54H2,1-5H3/p+1/b10-8-,16-14-,22-20-,26-25-,29-28-,32-31-,35-23-,36-34-,42-40-. The van der Waals surface area contributed by atoms with Gasteiger partial charge >= 0.3 is 19.8 Å². The summed E-state index contributed by atoms with van der Waals surface area (Å²) < 4.78 is 34.4. The zero-order chi connectivity index (χ0) is 49.2. The third-order valence-corrected chi connectivity index (χ3v) is 11.5. The SMILES string of the molecule is CC/C=C\C/C=C\C/C=C\C/C=C\C/C=C\C/C=C\C/C=C\C/C=C\CCCCC(=O)OC(COC(=O)CCCCCCC/C=C\CCCCCCCCC)COP(=O)(O)OCC[N+](C)(C)C. The maximum Gasteiger partial charge on any atom is 0.472 e. The molecule has 0 saturated carbocycles. The molecule has 0 aliphatic rings. The molecule has 0 aromatic rings. The molecule has 2 atom stereocenters. The zero-order valence-electron chi connectivity index (χ0n) is 43.1. The smallest absolute Gasteiger partial charge is 0.462 e. The summed E-state index contributed by atoms with van der Waals surface area (Å²) in [5.74, 6) is -0.867. The van der Waals surface area contributed by atoms with Gasteiger partial charge in [0.05, 0.1) is 27.7 Å². The van der Waals surface area contributed by atoms with Crippen LogP contribution in [0.1, 0.15) is 187 Å². The number of allylic oxidation sites excluding steroid dienone is 18. The van der Waals surface area contributed by atoms with Crippen LogP contribution in [0.4, 0.5) is 0 Å². The van der Waals surface area contributed by atoms with Gasteiger partial charge in [0.1, 0.15) is 19.8 Å². The molecule has 9 nitrogen and oxygen atoms in total. The van der Waals surface area contributed by atoms with Gasteiger partial charge in [-0.3, -0.25) is 18.6 Å². The van der Waals surface area contributed by atoms with Crippen molar-refractivity contribution in [2.75, 3.05) is 47.5 Å². The highest BCUT2D eigenvalue weighted by Crippen LogP contribution is 2.43. The van der Waals surface area contributed by atoms with Crippen molar-refractivity contribution in [3.05, 3.63) is 109 Å². The minimum atomic E-state index is -4.40. The van der Waals surface area contributed by atoms with Gasteiger partial charge in [0.15, 0.2) is 6.10 Å². The Balaban J connectivity index is 4.38. The van der Waals surface area contributed by atoms with E-state index >= 15 is 0 Å². The highest BCUT2D eigenvalue weighted by Gasteiger charge is 2.27. The maximum absolute atomic E-state index is 12.8. The van der Waals surface area contributed by atoms with Gasteiger partial charge in [0.25, 0.3) is 0 Å². The molecule has 0 spiro atoms. The third kappa shape index (κ3) is 51.9. The number of phosphoric ester groups is 1. The summed E-state index contributed by atoms with van der Waals surface area (Å²) in [6.07, 6.45) is 65.8. The lowest BCUT2D eigenvalue weighted by Gasteiger charge is -2.24. The van der Waals surface area contributed by atoms with Gasteiger partial charge in [0.2, 0.25) is 0 Å². The van der Waals surface area contributed by atoms with Crippen LogP contribution < -0.4 is 0 Å². The molecular formula is C57H97NO8P+. The van der Waals surface area contributed by atoms with Gasteiger partial charge in [-0.2, -0.15) is 0 Å². The summed E-state index contributed by atoms with van der Waals surface area (Å²) in [5, 5.41) is 0. The average molecular weight is 955 g/mol. The molecule has 0 radical (unpaired) electrons. The molecule has 2 unspecified atom stereocenters. The van der Waals surface area contributed by atoms with E-state index in [4.69, 9.17) is 18.5 Å². The molecule has 67 heavy (non-hydrogen) atoms. The molecule has 10 heteroatoms. The fourth-order valence-electron chi connectivity index (χ4n) is 6.49. The van der Waals surface area contributed by atoms with E-state index in [2.05, 4.69) is 123 Å². The first-order chi connectivity index (χ1) is 32.5. The fraction of sp³-hybridized carbons (Fsp3) is 0.649. The highest BCUT2D eigenvalue weighted by molar-refractivity contribution is 7.47. The van der Waals surface area contributed by atoms with Crippen LogP contribution >= 0.6 is 7.82 Å². The first kappa shape index (κ1) is 63.7. The second-order valence-electron chi connectivity index (χ2n) is 18.2. The molecule has 0 aromatic heterocycles. The molecule has 0 aliphatic heterocycles. The predicted molar refractivity (Wildman–Crippen MR) is 284 cm³/mol. The number of phosphoric acid groups is 1. The summed E-state index contributed by atoms with van der Waals surface area (Å²) in [5.41, 5.74) is 0. The average Bonchev–Trinajstić information content (AvgIpc) is 3.29. The minimum Gasteiger partial charge on any atom is -0.462 e. The van der Waals surface area contributed by atoms with E-state index < -0.39 is 32.5 Å². The Labute approximate surface area is 410 Å². The van der Waals surface area contributed by atoms with Crippen molar-refractivity contribution in [2.45, 2.75) is 193 Å². The van der Waals surface area contributed by atoms with Crippen molar-refractivity contribution in [1.29, 1.82) is 0 Å². The summed E-state index contributed by atoms with van der Waals surface area (Å²) in [4.78, 5) is 35.5. The minimum absolute atomic E-state index is 0.0157.